The summed E-state index contributed by atoms with van der Waals surface area (Å²) in [5.74, 6) is -0.262. The topological polar surface area (TPSA) is 72.7 Å². The molecule has 6 nitrogen and oxygen atoms in total. The molecule has 1 fully saturated rings. The van der Waals surface area contributed by atoms with Crippen molar-refractivity contribution in [1.29, 1.82) is 0 Å². The predicted octanol–water partition coefficient (Wildman–Crippen LogP) is 2.78. The van der Waals surface area contributed by atoms with Crippen LogP contribution in [0, 0.1) is 10.1 Å². The van der Waals surface area contributed by atoms with Crippen LogP contribution in [0.15, 0.2) is 18.2 Å². The Labute approximate surface area is 127 Å². The highest BCUT2D eigenvalue weighted by Crippen LogP contribution is 2.30. The Morgan fingerprint density at radius 3 is 2.76 bits per heavy atom. The van der Waals surface area contributed by atoms with Gasteiger partial charge in [0, 0.05) is 24.7 Å². The van der Waals surface area contributed by atoms with E-state index in [9.17, 15) is 14.9 Å². The first kappa shape index (κ1) is 15.7. The molecule has 0 bridgehead atoms. The van der Waals surface area contributed by atoms with E-state index < -0.39 is 4.92 Å². The summed E-state index contributed by atoms with van der Waals surface area (Å²) in [7, 11) is 0. The number of ether oxygens (including phenoxy) is 1. The van der Waals surface area contributed by atoms with Gasteiger partial charge in [0.2, 0.25) is 0 Å². The van der Waals surface area contributed by atoms with Crippen molar-refractivity contribution >= 4 is 23.3 Å². The maximum absolute atomic E-state index is 11.6. The molecule has 1 aromatic rings. The first-order valence-corrected chi connectivity index (χ1v) is 7.21. The third kappa shape index (κ3) is 4.41. The lowest BCUT2D eigenvalue weighted by molar-refractivity contribution is -0.384. The lowest BCUT2D eigenvalue weighted by Crippen LogP contribution is -2.32. The zero-order valence-electron chi connectivity index (χ0n) is 11.8. The molecule has 0 heterocycles. The zero-order valence-corrected chi connectivity index (χ0v) is 12.5. The number of nitro groups is 1. The fourth-order valence-corrected chi connectivity index (χ4v) is 2.36. The summed E-state index contributed by atoms with van der Waals surface area (Å²) < 4.78 is 4.97. The fraction of sp³-hybridized carbons (Fsp3) is 0.500. The van der Waals surface area contributed by atoms with E-state index in [1.54, 1.807) is 13.0 Å². The number of hydrogen-bond donors (Lipinski definition) is 0. The van der Waals surface area contributed by atoms with Crippen LogP contribution in [-0.4, -0.2) is 35.0 Å². The molecular weight excluding hydrogens is 296 g/mol. The molecule has 2 rings (SSSR count). The Morgan fingerprint density at radius 2 is 2.24 bits per heavy atom. The summed E-state index contributed by atoms with van der Waals surface area (Å²) in [5, 5.41) is 11.0. The van der Waals surface area contributed by atoms with E-state index in [1.165, 1.54) is 12.1 Å². The molecule has 0 amide bonds. The molecule has 0 N–H and O–H groups in total. The van der Waals surface area contributed by atoms with Crippen LogP contribution in [0.3, 0.4) is 0 Å². The largest absolute Gasteiger partial charge is 0.465 e. The maximum Gasteiger partial charge on any atom is 0.320 e. The van der Waals surface area contributed by atoms with Gasteiger partial charge in [-0.25, -0.2) is 0 Å². The Morgan fingerprint density at radius 1 is 1.52 bits per heavy atom. The molecule has 7 heteroatoms. The molecule has 114 valence electrons. The molecule has 1 saturated carbocycles. The minimum absolute atomic E-state index is 0.0351. The van der Waals surface area contributed by atoms with Gasteiger partial charge in [-0.1, -0.05) is 11.6 Å². The third-order valence-corrected chi connectivity index (χ3v) is 3.67. The summed E-state index contributed by atoms with van der Waals surface area (Å²) in [4.78, 5) is 23.8. The van der Waals surface area contributed by atoms with Gasteiger partial charge in [-0.3, -0.25) is 19.8 Å². The van der Waals surface area contributed by atoms with Crippen LogP contribution >= 0.6 is 11.6 Å². The first-order valence-electron chi connectivity index (χ1n) is 6.83. The summed E-state index contributed by atoms with van der Waals surface area (Å²) in [6.45, 7) is 2.83. The number of esters is 1. The minimum atomic E-state index is -0.479. The van der Waals surface area contributed by atoms with E-state index >= 15 is 0 Å². The molecule has 1 aromatic carbocycles. The summed E-state index contributed by atoms with van der Waals surface area (Å²) >= 11 is 6.09. The van der Waals surface area contributed by atoms with Crippen molar-refractivity contribution in [2.75, 3.05) is 13.2 Å². The second-order valence-corrected chi connectivity index (χ2v) is 5.38. The standard InChI is InChI=1S/C14H17ClN2O4/c1-2-21-14(18)9-16(11-5-6-11)8-10-3-4-12(17(19)20)7-13(10)15/h3-4,7,11H,2,5-6,8-9H2,1H3. The number of nitrogens with zero attached hydrogens (tertiary/aromatic N) is 2. The van der Waals surface area contributed by atoms with E-state index in [4.69, 9.17) is 16.3 Å². The van der Waals surface area contributed by atoms with Crippen molar-refractivity contribution < 1.29 is 14.5 Å². The molecule has 0 atom stereocenters. The molecule has 0 aliphatic heterocycles. The molecular formula is C14H17ClN2O4. The summed E-state index contributed by atoms with van der Waals surface area (Å²) in [6.07, 6.45) is 2.09. The maximum atomic E-state index is 11.6. The lowest BCUT2D eigenvalue weighted by atomic mass is 10.2. The number of carbonyl (C=O) groups excluding carboxylic acids is 1. The van der Waals surface area contributed by atoms with Gasteiger partial charge >= 0.3 is 5.97 Å². The van der Waals surface area contributed by atoms with Crippen molar-refractivity contribution in [3.63, 3.8) is 0 Å². The number of hydrogen-bond acceptors (Lipinski definition) is 5. The average molecular weight is 313 g/mol. The third-order valence-electron chi connectivity index (χ3n) is 3.32. The predicted molar refractivity (Wildman–Crippen MR) is 78.2 cm³/mol. The van der Waals surface area contributed by atoms with Gasteiger partial charge in [0.25, 0.3) is 5.69 Å². The van der Waals surface area contributed by atoms with Crippen LogP contribution < -0.4 is 0 Å². The van der Waals surface area contributed by atoms with Gasteiger partial charge in [0.1, 0.15) is 0 Å². The first-order chi connectivity index (χ1) is 10.0. The van der Waals surface area contributed by atoms with Crippen molar-refractivity contribution in [2.24, 2.45) is 0 Å². The van der Waals surface area contributed by atoms with E-state index in [-0.39, 0.29) is 18.2 Å². The smallest absolute Gasteiger partial charge is 0.320 e. The molecule has 0 unspecified atom stereocenters. The van der Waals surface area contributed by atoms with E-state index in [0.717, 1.165) is 18.4 Å². The Balaban J connectivity index is 2.06. The fourth-order valence-electron chi connectivity index (χ4n) is 2.12. The van der Waals surface area contributed by atoms with Gasteiger partial charge in [-0.15, -0.1) is 0 Å². The number of benzene rings is 1. The number of carbonyl (C=O) groups is 1. The van der Waals surface area contributed by atoms with Crippen LogP contribution in [0.1, 0.15) is 25.3 Å². The highest BCUT2D eigenvalue weighted by molar-refractivity contribution is 6.31. The van der Waals surface area contributed by atoms with Gasteiger partial charge in [0.15, 0.2) is 0 Å². The Hall–Kier alpha value is -1.66. The quantitative estimate of drug-likeness (QED) is 0.440. The van der Waals surface area contributed by atoms with Crippen molar-refractivity contribution in [2.45, 2.75) is 32.4 Å². The Bertz CT molecular complexity index is 546. The molecule has 0 aromatic heterocycles. The van der Waals surface area contributed by atoms with E-state index in [1.807, 2.05) is 4.90 Å². The SMILES string of the molecule is CCOC(=O)CN(Cc1ccc([N+](=O)[O-])cc1Cl)C1CC1. The van der Waals surface area contributed by atoms with Crippen LogP contribution in [0.4, 0.5) is 5.69 Å². The van der Waals surface area contributed by atoms with Crippen molar-refractivity contribution in [1.82, 2.24) is 4.90 Å². The minimum Gasteiger partial charge on any atom is -0.465 e. The van der Waals surface area contributed by atoms with E-state index in [2.05, 4.69) is 0 Å². The molecule has 1 aliphatic rings. The Kier molecular flexibility index (Phi) is 5.14. The molecule has 21 heavy (non-hydrogen) atoms. The van der Waals surface area contributed by atoms with Crippen LogP contribution in [0.2, 0.25) is 5.02 Å². The van der Waals surface area contributed by atoms with Gasteiger partial charge in [0.05, 0.1) is 23.1 Å². The lowest BCUT2D eigenvalue weighted by Gasteiger charge is -2.21. The summed E-state index contributed by atoms with van der Waals surface area (Å²) in [6, 6.07) is 4.77. The van der Waals surface area contributed by atoms with Crippen LogP contribution in [0.25, 0.3) is 0 Å². The van der Waals surface area contributed by atoms with Gasteiger partial charge in [-0.2, -0.15) is 0 Å². The molecule has 0 saturated heterocycles. The van der Waals surface area contributed by atoms with Gasteiger partial charge in [-0.05, 0) is 31.4 Å². The normalized spacial score (nSPS) is 14.2. The number of non-ortho nitro benzene ring substituents is 1. The average Bonchev–Trinajstić information content (AvgIpc) is 3.24. The number of halogens is 1. The second kappa shape index (κ2) is 6.87. The zero-order chi connectivity index (χ0) is 15.4. The number of nitro benzene ring substituents is 1. The molecule has 1 aliphatic carbocycles. The highest BCUT2D eigenvalue weighted by Gasteiger charge is 2.31. The van der Waals surface area contributed by atoms with E-state index in [0.29, 0.717) is 24.2 Å². The van der Waals surface area contributed by atoms with Crippen LogP contribution in [-0.2, 0) is 16.1 Å². The van der Waals surface area contributed by atoms with Crippen molar-refractivity contribution in [3.05, 3.63) is 38.9 Å². The van der Waals surface area contributed by atoms with Crippen LogP contribution in [0.5, 0.6) is 0 Å². The van der Waals surface area contributed by atoms with Crippen molar-refractivity contribution in [3.8, 4) is 0 Å². The molecule has 0 radical (unpaired) electrons. The number of rotatable bonds is 7. The van der Waals surface area contributed by atoms with Gasteiger partial charge < -0.3 is 4.74 Å². The molecule has 0 spiro atoms. The monoisotopic (exact) mass is 312 g/mol. The summed E-state index contributed by atoms with van der Waals surface area (Å²) in [5.41, 5.74) is 0.741. The highest BCUT2D eigenvalue weighted by atomic mass is 35.5. The second-order valence-electron chi connectivity index (χ2n) is 4.97.